The number of amides is 2. The van der Waals surface area contributed by atoms with E-state index in [1.54, 1.807) is 18.2 Å². The summed E-state index contributed by atoms with van der Waals surface area (Å²) in [6.45, 7) is -0.142. The average molecular weight is 405 g/mol. The minimum atomic E-state index is -0.457. The van der Waals surface area contributed by atoms with Gasteiger partial charge in [-0.05, 0) is 54.7 Å². The summed E-state index contributed by atoms with van der Waals surface area (Å²) >= 11 is 0. The second-order valence-corrected chi connectivity index (χ2v) is 7.37. The zero-order chi connectivity index (χ0) is 21.1. The molecule has 0 unspecified atom stereocenters. The van der Waals surface area contributed by atoms with Crippen molar-refractivity contribution in [2.45, 2.75) is 25.7 Å². The molecular weight excluding hydrogens is 382 g/mol. The number of methoxy groups -OCH3 is 1. The van der Waals surface area contributed by atoms with Crippen LogP contribution in [-0.2, 0) is 32.0 Å². The maximum Gasteiger partial charge on any atom is 0.311 e. The molecule has 2 aromatic rings. The standard InChI is InChI=1S/C23H23N3O4/c1-30-23(29)13-18-12-22(28)26(20-8-3-2-7-19(20)24-18)14-21(27)25-17-10-9-15-5-4-6-16(15)11-17/h2-3,7-12,24H,4-6,13-14H2,1H3,(H,25,27). The molecule has 7 heteroatoms. The molecule has 2 amide bonds. The molecular formula is C23H23N3O4. The third kappa shape index (κ3) is 4.20. The molecule has 0 saturated heterocycles. The Morgan fingerprint density at radius 3 is 2.77 bits per heavy atom. The highest BCUT2D eigenvalue weighted by Gasteiger charge is 2.25. The lowest BCUT2D eigenvalue weighted by atomic mass is 10.1. The zero-order valence-corrected chi connectivity index (χ0v) is 16.7. The van der Waals surface area contributed by atoms with Gasteiger partial charge in [-0.3, -0.25) is 19.3 Å². The van der Waals surface area contributed by atoms with Crippen LogP contribution < -0.4 is 15.5 Å². The lowest BCUT2D eigenvalue weighted by Gasteiger charge is -2.21. The molecule has 0 radical (unpaired) electrons. The number of esters is 1. The summed E-state index contributed by atoms with van der Waals surface area (Å²) in [5.74, 6) is -1.13. The number of hydrogen-bond acceptors (Lipinski definition) is 5. The number of anilines is 3. The number of aryl methyl sites for hydroxylation is 2. The number of ether oxygens (including phenoxy) is 1. The first-order chi connectivity index (χ1) is 14.5. The number of carbonyl (C=O) groups excluding carboxylic acids is 3. The molecule has 2 N–H and O–H groups in total. The van der Waals surface area contributed by atoms with Gasteiger partial charge in [0.1, 0.15) is 6.54 Å². The Labute approximate surface area is 174 Å². The summed E-state index contributed by atoms with van der Waals surface area (Å²) in [6, 6.07) is 13.1. The molecule has 0 fully saturated rings. The Balaban J connectivity index is 1.54. The third-order valence-electron chi connectivity index (χ3n) is 5.30. The van der Waals surface area contributed by atoms with Gasteiger partial charge in [-0.15, -0.1) is 0 Å². The quantitative estimate of drug-likeness (QED) is 0.747. The molecule has 4 rings (SSSR count). The number of fused-ring (bicyclic) bond motifs is 2. The van der Waals surface area contributed by atoms with Crippen molar-refractivity contribution in [3.63, 3.8) is 0 Å². The Kier molecular flexibility index (Phi) is 5.52. The van der Waals surface area contributed by atoms with Crippen LogP contribution in [0.25, 0.3) is 0 Å². The fourth-order valence-electron chi connectivity index (χ4n) is 3.85. The van der Waals surface area contributed by atoms with E-state index in [9.17, 15) is 14.4 Å². The van der Waals surface area contributed by atoms with E-state index < -0.39 is 5.97 Å². The Morgan fingerprint density at radius 1 is 1.13 bits per heavy atom. The molecule has 7 nitrogen and oxygen atoms in total. The largest absolute Gasteiger partial charge is 0.469 e. The van der Waals surface area contributed by atoms with Crippen molar-refractivity contribution in [1.82, 2.24) is 0 Å². The molecule has 1 aliphatic carbocycles. The maximum atomic E-state index is 12.9. The number of carbonyl (C=O) groups is 3. The number of para-hydroxylation sites is 2. The monoisotopic (exact) mass is 405 g/mol. The van der Waals surface area contributed by atoms with Crippen molar-refractivity contribution >= 4 is 34.8 Å². The van der Waals surface area contributed by atoms with Crippen molar-refractivity contribution in [3.05, 3.63) is 65.4 Å². The van der Waals surface area contributed by atoms with Crippen LogP contribution in [0.3, 0.4) is 0 Å². The minimum absolute atomic E-state index is 0.0638. The van der Waals surface area contributed by atoms with Crippen LogP contribution in [0, 0.1) is 0 Å². The normalized spacial score (nSPS) is 14.8. The van der Waals surface area contributed by atoms with Crippen LogP contribution in [0.1, 0.15) is 24.0 Å². The summed E-state index contributed by atoms with van der Waals surface area (Å²) in [5, 5.41) is 6.00. The summed E-state index contributed by atoms with van der Waals surface area (Å²) in [6.07, 6.45) is 4.51. The Morgan fingerprint density at radius 2 is 1.93 bits per heavy atom. The van der Waals surface area contributed by atoms with E-state index >= 15 is 0 Å². The highest BCUT2D eigenvalue weighted by molar-refractivity contribution is 6.10. The van der Waals surface area contributed by atoms with E-state index in [-0.39, 0.29) is 24.8 Å². The smallest absolute Gasteiger partial charge is 0.311 e. The molecule has 154 valence electrons. The molecule has 0 atom stereocenters. The van der Waals surface area contributed by atoms with Crippen LogP contribution >= 0.6 is 0 Å². The van der Waals surface area contributed by atoms with Gasteiger partial charge in [0.2, 0.25) is 5.91 Å². The highest BCUT2D eigenvalue weighted by atomic mass is 16.5. The molecule has 0 saturated carbocycles. The molecule has 0 spiro atoms. The first-order valence-corrected chi connectivity index (χ1v) is 9.90. The van der Waals surface area contributed by atoms with Gasteiger partial charge in [0, 0.05) is 17.5 Å². The molecule has 1 heterocycles. The number of benzene rings is 2. The van der Waals surface area contributed by atoms with Gasteiger partial charge in [0.15, 0.2) is 0 Å². The van der Waals surface area contributed by atoms with Gasteiger partial charge < -0.3 is 15.4 Å². The SMILES string of the molecule is COC(=O)CC1=CC(=O)N(CC(=O)Nc2ccc3c(c2)CCC3)c2ccccc2N1. The summed E-state index contributed by atoms with van der Waals surface area (Å²) in [7, 11) is 1.30. The zero-order valence-electron chi connectivity index (χ0n) is 16.7. The maximum absolute atomic E-state index is 12.9. The minimum Gasteiger partial charge on any atom is -0.469 e. The predicted octanol–water partition coefficient (Wildman–Crippen LogP) is 3.02. The average Bonchev–Trinajstić information content (AvgIpc) is 3.15. The van der Waals surface area contributed by atoms with Gasteiger partial charge >= 0.3 is 5.97 Å². The van der Waals surface area contributed by atoms with E-state index in [1.165, 1.54) is 29.2 Å². The fraction of sp³-hybridized carbons (Fsp3) is 0.261. The predicted molar refractivity (Wildman–Crippen MR) is 114 cm³/mol. The van der Waals surface area contributed by atoms with E-state index in [4.69, 9.17) is 4.74 Å². The van der Waals surface area contributed by atoms with E-state index in [0.717, 1.165) is 24.9 Å². The van der Waals surface area contributed by atoms with Crippen molar-refractivity contribution < 1.29 is 19.1 Å². The topological polar surface area (TPSA) is 87.7 Å². The first-order valence-electron chi connectivity index (χ1n) is 9.90. The van der Waals surface area contributed by atoms with Crippen LogP contribution in [0.4, 0.5) is 17.1 Å². The third-order valence-corrected chi connectivity index (χ3v) is 5.30. The summed E-state index contributed by atoms with van der Waals surface area (Å²) in [5.41, 5.74) is 4.96. The molecule has 2 aliphatic rings. The van der Waals surface area contributed by atoms with Gasteiger partial charge in [0.05, 0.1) is 24.9 Å². The highest BCUT2D eigenvalue weighted by Crippen LogP contribution is 2.31. The van der Waals surface area contributed by atoms with Gasteiger partial charge in [0.25, 0.3) is 5.91 Å². The van der Waals surface area contributed by atoms with Crippen molar-refractivity contribution in [3.8, 4) is 0 Å². The number of hydrogen-bond donors (Lipinski definition) is 2. The molecule has 0 bridgehead atoms. The van der Waals surface area contributed by atoms with Crippen molar-refractivity contribution in [2.75, 3.05) is 29.2 Å². The molecule has 0 aromatic heterocycles. The Bertz CT molecular complexity index is 1040. The lowest BCUT2D eigenvalue weighted by Crippen LogP contribution is -2.37. The number of rotatable bonds is 5. The second-order valence-electron chi connectivity index (χ2n) is 7.37. The Hall–Kier alpha value is -3.61. The molecule has 30 heavy (non-hydrogen) atoms. The van der Waals surface area contributed by atoms with Gasteiger partial charge in [-0.1, -0.05) is 18.2 Å². The first kappa shape index (κ1) is 19.7. The fourth-order valence-corrected chi connectivity index (χ4v) is 3.85. The van der Waals surface area contributed by atoms with Crippen LogP contribution in [0.5, 0.6) is 0 Å². The van der Waals surface area contributed by atoms with Gasteiger partial charge in [-0.2, -0.15) is 0 Å². The molecule has 1 aliphatic heterocycles. The summed E-state index contributed by atoms with van der Waals surface area (Å²) in [4.78, 5) is 38.7. The lowest BCUT2D eigenvalue weighted by molar-refractivity contribution is -0.139. The van der Waals surface area contributed by atoms with Crippen molar-refractivity contribution in [2.24, 2.45) is 0 Å². The summed E-state index contributed by atoms with van der Waals surface area (Å²) < 4.78 is 4.70. The van der Waals surface area contributed by atoms with Crippen LogP contribution in [-0.4, -0.2) is 31.4 Å². The van der Waals surface area contributed by atoms with E-state index in [0.29, 0.717) is 17.1 Å². The van der Waals surface area contributed by atoms with Crippen LogP contribution in [0.2, 0.25) is 0 Å². The second kappa shape index (κ2) is 8.41. The molecule has 2 aromatic carbocycles. The number of nitrogens with one attached hydrogen (secondary N) is 2. The van der Waals surface area contributed by atoms with E-state index in [1.807, 2.05) is 18.2 Å². The van der Waals surface area contributed by atoms with Crippen LogP contribution in [0.15, 0.2) is 54.2 Å². The number of nitrogens with zero attached hydrogens (tertiary/aromatic N) is 1. The van der Waals surface area contributed by atoms with Crippen molar-refractivity contribution in [1.29, 1.82) is 0 Å². The van der Waals surface area contributed by atoms with Gasteiger partial charge in [-0.25, -0.2) is 0 Å². The van der Waals surface area contributed by atoms with E-state index in [2.05, 4.69) is 16.7 Å².